The maximum absolute atomic E-state index is 13.6. The highest BCUT2D eigenvalue weighted by Crippen LogP contribution is 2.33. The van der Waals surface area contributed by atoms with Crippen LogP contribution >= 0.6 is 23.2 Å². The smallest absolute Gasteiger partial charge is 0.295 e. The van der Waals surface area contributed by atoms with Gasteiger partial charge in [0.15, 0.2) is 11.6 Å². The van der Waals surface area contributed by atoms with Crippen molar-refractivity contribution in [3.63, 3.8) is 0 Å². The highest BCUT2D eigenvalue weighted by atomic mass is 35.5. The molecule has 4 aromatic carbocycles. The predicted molar refractivity (Wildman–Crippen MR) is 313 cm³/mol. The highest BCUT2D eigenvalue weighted by molar-refractivity contribution is 6.31. The number of carbonyl (C=O) groups excluding carboxylic acids is 4. The van der Waals surface area contributed by atoms with E-state index in [4.69, 9.17) is 32.7 Å². The van der Waals surface area contributed by atoms with Crippen LogP contribution in [0.1, 0.15) is 112 Å². The third kappa shape index (κ3) is 17.6. The Hall–Kier alpha value is -6.79. The zero-order valence-electron chi connectivity index (χ0n) is 47.3. The van der Waals surface area contributed by atoms with E-state index < -0.39 is 17.5 Å². The molecule has 0 spiro atoms. The first-order valence-corrected chi connectivity index (χ1v) is 27.4. The van der Waals surface area contributed by atoms with Gasteiger partial charge in [0.25, 0.3) is 11.1 Å². The third-order valence-electron chi connectivity index (χ3n) is 13.5. The molecule has 0 aliphatic rings. The number of rotatable bonds is 28. The van der Waals surface area contributed by atoms with Crippen molar-refractivity contribution in [1.82, 2.24) is 28.9 Å². The number of hydrogen-bond donors (Lipinski definition) is 3. The molecule has 0 unspecified atom stereocenters. The minimum atomic E-state index is -0.529. The van der Waals surface area contributed by atoms with Crippen molar-refractivity contribution in [3.8, 4) is 22.9 Å². The molecule has 0 radical (unpaired) electrons. The van der Waals surface area contributed by atoms with E-state index >= 15 is 0 Å². The van der Waals surface area contributed by atoms with Crippen molar-refractivity contribution < 1.29 is 33.0 Å². The summed E-state index contributed by atoms with van der Waals surface area (Å²) in [6.45, 7) is 13.3. The van der Waals surface area contributed by atoms with Crippen LogP contribution in [-0.2, 0) is 36.5 Å². The number of nitrogens with one attached hydrogen (secondary N) is 3. The van der Waals surface area contributed by atoms with E-state index in [0.29, 0.717) is 96.0 Å². The first kappa shape index (κ1) is 63.0. The number of ketones is 2. The Morgan fingerprint density at radius 3 is 1.41 bits per heavy atom. The van der Waals surface area contributed by atoms with Gasteiger partial charge in [-0.1, -0.05) is 87.3 Å². The first-order chi connectivity index (χ1) is 37.5. The summed E-state index contributed by atoms with van der Waals surface area (Å²) in [6, 6.07) is 28.5. The summed E-state index contributed by atoms with van der Waals surface area (Å²) in [4.78, 5) is 81.3. The van der Waals surface area contributed by atoms with Gasteiger partial charge in [0.1, 0.15) is 29.5 Å². The Labute approximate surface area is 473 Å². The molecule has 0 saturated carbocycles. The second kappa shape index (κ2) is 29.4. The number of Topliss-reactive ketones (excluding diaryl/α,β-unsaturated/α-hetero) is 2. The van der Waals surface area contributed by atoms with Crippen LogP contribution in [0.5, 0.6) is 11.5 Å². The minimum Gasteiger partial charge on any atom is -0.493 e. The van der Waals surface area contributed by atoms with Crippen molar-refractivity contribution in [1.29, 1.82) is 0 Å². The highest BCUT2D eigenvalue weighted by Gasteiger charge is 2.29. The predicted octanol–water partition coefficient (Wildman–Crippen LogP) is 10.7. The summed E-state index contributed by atoms with van der Waals surface area (Å²) in [7, 11) is 7.25. The normalized spacial score (nSPS) is 11.5. The molecule has 79 heavy (non-hydrogen) atoms. The van der Waals surface area contributed by atoms with Crippen LogP contribution in [0.15, 0.2) is 107 Å². The molecule has 19 heteroatoms. The Morgan fingerprint density at radius 2 is 1.03 bits per heavy atom. The minimum absolute atomic E-state index is 0.0902. The number of likely N-dealkylation sites (N-methyl/N-ethyl adjacent to an activating group) is 2. The van der Waals surface area contributed by atoms with Gasteiger partial charge in [0.05, 0.1) is 47.1 Å². The quantitative estimate of drug-likeness (QED) is 0.0400. The molecule has 0 bridgehead atoms. The van der Waals surface area contributed by atoms with Gasteiger partial charge >= 0.3 is 0 Å². The molecule has 6 aromatic rings. The summed E-state index contributed by atoms with van der Waals surface area (Å²) in [5.41, 5.74) is 2.50. The van der Waals surface area contributed by atoms with Gasteiger partial charge in [-0.05, 0) is 112 Å². The number of halogens is 3. The summed E-state index contributed by atoms with van der Waals surface area (Å²) in [6.07, 6.45) is 2.64. The summed E-state index contributed by atoms with van der Waals surface area (Å²) < 4.78 is 30.6. The standard InChI is InChI=1S/C31H40ClFN4O4.C29H37ClN4O4/c1-6-41-27-13-12-22(32)20-24(27)26(38)14-16-31(2,3)21-28(39)34-29-25(15-18-35(4)19-17-33)36(5)37(30(29)40)23-10-8-7-9-11-23;1-6-38-25-13-12-20(30)18-22(25)24(35)14-16-29(2,3)19-26(36)32-27-23(15-17-31-4)33(5)34(28(27)37)21-10-8-7-9-11-21/h7-13,20H,6,14-19,21H2,1-5H3,(H,34,39);7-13,18,31H,6,14-17,19H2,1-5H3,(H,32,36). The Morgan fingerprint density at radius 1 is 0.620 bits per heavy atom. The zero-order valence-corrected chi connectivity index (χ0v) is 48.8. The lowest BCUT2D eigenvalue weighted by Gasteiger charge is -2.24. The number of benzene rings is 4. The van der Waals surface area contributed by atoms with Gasteiger partial charge in [-0.25, -0.2) is 13.8 Å². The van der Waals surface area contributed by atoms with Crippen LogP contribution in [0.3, 0.4) is 0 Å². The van der Waals surface area contributed by atoms with Gasteiger partial charge in [0, 0.05) is 82.3 Å². The molecule has 0 aliphatic carbocycles. The third-order valence-corrected chi connectivity index (χ3v) is 14.0. The van der Waals surface area contributed by atoms with Crippen LogP contribution < -0.4 is 36.5 Å². The van der Waals surface area contributed by atoms with Crippen molar-refractivity contribution in [3.05, 3.63) is 150 Å². The van der Waals surface area contributed by atoms with E-state index in [1.807, 2.05) is 128 Å². The molecule has 2 heterocycles. The van der Waals surface area contributed by atoms with E-state index in [1.165, 1.54) is 4.68 Å². The average molecular weight is 1130 g/mol. The number of aromatic nitrogens is 4. The molecule has 0 atom stereocenters. The molecule has 3 N–H and O–H groups in total. The van der Waals surface area contributed by atoms with Gasteiger partial charge < -0.3 is 30.3 Å². The van der Waals surface area contributed by atoms with Crippen LogP contribution in [-0.4, -0.2) is 101 Å². The fourth-order valence-electron chi connectivity index (χ4n) is 9.23. The van der Waals surface area contributed by atoms with E-state index in [9.17, 15) is 33.2 Å². The molecule has 0 aliphatic heterocycles. The summed E-state index contributed by atoms with van der Waals surface area (Å²) in [5.74, 6) is 0.201. The fourth-order valence-corrected chi connectivity index (χ4v) is 9.57. The Balaban J connectivity index is 0.000000291. The number of carbonyl (C=O) groups is 4. The van der Waals surface area contributed by atoms with Gasteiger partial charge in [-0.2, -0.15) is 0 Å². The largest absolute Gasteiger partial charge is 0.493 e. The molecule has 16 nitrogen and oxygen atoms in total. The molecule has 6 rings (SSSR count). The van der Waals surface area contributed by atoms with Crippen molar-refractivity contribution in [2.24, 2.45) is 24.9 Å². The SMILES string of the molecule is CCOc1ccc(Cl)cc1C(=O)CCC(C)(C)CC(=O)Nc1c(CCN(C)CCF)n(C)n(-c2ccccc2)c1=O.CCOc1ccc(Cl)cc1C(=O)CCC(C)(C)CC(=O)Nc1c(CCNC)n(C)n(-c2ccccc2)c1=O. The molecule has 0 fully saturated rings. The van der Waals surface area contributed by atoms with Gasteiger partial charge in [-0.15, -0.1) is 0 Å². The maximum atomic E-state index is 13.6. The monoisotopic (exact) mass is 1130 g/mol. The number of amides is 2. The maximum Gasteiger partial charge on any atom is 0.295 e. The van der Waals surface area contributed by atoms with Gasteiger partial charge in [-0.3, -0.25) is 38.1 Å². The number of para-hydroxylation sites is 2. The van der Waals surface area contributed by atoms with Crippen molar-refractivity contribution in [2.75, 3.05) is 64.3 Å². The Bertz CT molecular complexity index is 3150. The molecule has 2 aromatic heterocycles. The van der Waals surface area contributed by atoms with Crippen LogP contribution in [0.4, 0.5) is 15.8 Å². The van der Waals surface area contributed by atoms with Crippen LogP contribution in [0.2, 0.25) is 10.0 Å². The molecular weight excluding hydrogens is 1050 g/mol. The van der Waals surface area contributed by atoms with Crippen LogP contribution in [0, 0.1) is 10.8 Å². The number of hydrogen-bond acceptors (Lipinski definition) is 10. The lowest BCUT2D eigenvalue weighted by atomic mass is 9.82. The average Bonchev–Trinajstić information content (AvgIpc) is 3.98. The first-order valence-electron chi connectivity index (χ1n) is 26.7. The number of anilines is 2. The van der Waals surface area contributed by atoms with E-state index in [2.05, 4.69) is 16.0 Å². The lowest BCUT2D eigenvalue weighted by molar-refractivity contribution is -0.119. The second-order valence-electron chi connectivity index (χ2n) is 21.0. The molecular formula is C60H77Cl2FN8O8. The number of nitrogens with zero attached hydrogens (tertiary/aromatic N) is 5. The fraction of sp³-hybridized carbons (Fsp3) is 0.433. The molecule has 0 saturated heterocycles. The van der Waals surface area contributed by atoms with Crippen molar-refractivity contribution in [2.45, 2.75) is 92.9 Å². The molecule has 426 valence electrons. The van der Waals surface area contributed by atoms with Crippen LogP contribution in [0.25, 0.3) is 11.4 Å². The molecule has 2 amide bonds. The van der Waals surface area contributed by atoms with E-state index in [1.54, 1.807) is 57.5 Å². The van der Waals surface area contributed by atoms with E-state index in [0.717, 1.165) is 11.4 Å². The summed E-state index contributed by atoms with van der Waals surface area (Å²) >= 11 is 12.2. The van der Waals surface area contributed by atoms with Gasteiger partial charge in [0.2, 0.25) is 11.8 Å². The topological polar surface area (TPSA) is 180 Å². The Kier molecular flexibility index (Phi) is 23.5. The second-order valence-corrected chi connectivity index (χ2v) is 21.8. The lowest BCUT2D eigenvalue weighted by Crippen LogP contribution is -2.27. The summed E-state index contributed by atoms with van der Waals surface area (Å²) in [5, 5.41) is 9.77. The van der Waals surface area contributed by atoms with Crippen molar-refractivity contribution >= 4 is 58.0 Å². The number of ether oxygens (including phenoxy) is 2. The number of alkyl halides is 1. The van der Waals surface area contributed by atoms with E-state index in [-0.39, 0.29) is 78.1 Å². The zero-order chi connectivity index (χ0) is 58.0.